The number of unbranched alkanes of at least 4 members (excludes halogenated alkanes) is 2. The molecule has 4 aliphatic rings. The quantitative estimate of drug-likeness (QED) is 0.128. The minimum Gasteiger partial charge on any atom is -0.462 e. The third-order valence-electron chi connectivity index (χ3n) is 13.2. The van der Waals surface area contributed by atoms with E-state index < -0.39 is 0 Å². The lowest BCUT2D eigenvalue weighted by atomic mass is 9.44. The second kappa shape index (κ2) is 13.3. The Hall–Kier alpha value is -0.0500. The Morgan fingerprint density at radius 1 is 0.895 bits per heavy atom. The molecule has 0 aromatic heterocycles. The van der Waals surface area contributed by atoms with Crippen LogP contribution in [0.2, 0.25) is 0 Å². The van der Waals surface area contributed by atoms with E-state index in [0.717, 1.165) is 84.8 Å². The highest BCUT2D eigenvalue weighted by molar-refractivity contribution is 9.09. The summed E-state index contributed by atoms with van der Waals surface area (Å²) in [7, 11) is 0. The first-order valence-corrected chi connectivity index (χ1v) is 18.0. The van der Waals surface area contributed by atoms with E-state index in [1.165, 1.54) is 64.2 Å². The number of rotatable bonds is 12. The van der Waals surface area contributed by atoms with Gasteiger partial charge in [0.1, 0.15) is 6.10 Å². The van der Waals surface area contributed by atoms with Gasteiger partial charge in [-0.2, -0.15) is 0 Å². The van der Waals surface area contributed by atoms with Gasteiger partial charge in [0.15, 0.2) is 0 Å². The Bertz CT molecular complexity index is 765. The fourth-order valence-corrected chi connectivity index (χ4v) is 11.2. The molecule has 3 heteroatoms. The molecule has 0 bridgehead atoms. The summed E-state index contributed by atoms with van der Waals surface area (Å²) >= 11 is 3.49. The number of ether oxygens (including phenoxy) is 1. The molecule has 4 fully saturated rings. The van der Waals surface area contributed by atoms with Crippen LogP contribution in [0.4, 0.5) is 0 Å². The predicted octanol–water partition coefficient (Wildman–Crippen LogP) is 10.6. The number of hydrogen-bond acceptors (Lipinski definition) is 2. The zero-order valence-electron chi connectivity index (χ0n) is 25.9. The molecule has 0 aromatic rings. The normalized spacial score (nSPS) is 40.2. The highest BCUT2D eigenvalue weighted by Gasteiger charge is 2.60. The summed E-state index contributed by atoms with van der Waals surface area (Å²) in [6.45, 7) is 15.2. The van der Waals surface area contributed by atoms with E-state index >= 15 is 0 Å². The number of halogens is 1. The van der Waals surface area contributed by atoms with Crippen LogP contribution in [0.5, 0.6) is 0 Å². The van der Waals surface area contributed by atoms with Crippen LogP contribution in [-0.4, -0.2) is 17.4 Å². The lowest BCUT2D eigenvalue weighted by Crippen LogP contribution is -2.54. The zero-order chi connectivity index (χ0) is 27.5. The van der Waals surface area contributed by atoms with Crippen molar-refractivity contribution in [2.45, 2.75) is 150 Å². The van der Waals surface area contributed by atoms with Crippen LogP contribution in [0.15, 0.2) is 0 Å². The summed E-state index contributed by atoms with van der Waals surface area (Å²) in [5, 5.41) is 1.03. The molecule has 3 unspecified atom stereocenters. The number of esters is 1. The summed E-state index contributed by atoms with van der Waals surface area (Å²) < 4.78 is 6.04. The van der Waals surface area contributed by atoms with E-state index in [1.54, 1.807) is 0 Å². The number of hydrogen-bond donors (Lipinski definition) is 0. The molecule has 4 aliphatic carbocycles. The summed E-state index contributed by atoms with van der Waals surface area (Å²) in [6, 6.07) is 0. The van der Waals surface area contributed by atoms with E-state index in [9.17, 15) is 4.79 Å². The van der Waals surface area contributed by atoms with Crippen LogP contribution in [0.25, 0.3) is 0 Å². The van der Waals surface area contributed by atoms with Crippen molar-refractivity contribution in [2.24, 2.45) is 58.2 Å². The molecule has 4 rings (SSSR count). The average Bonchev–Trinajstić information content (AvgIpc) is 3.24. The summed E-state index contributed by atoms with van der Waals surface area (Å²) in [5.41, 5.74) is 1.04. The molecule has 0 spiro atoms. The molecule has 0 radical (unpaired) electrons. The van der Waals surface area contributed by atoms with E-state index in [2.05, 4.69) is 57.5 Å². The molecule has 0 amide bonds. The van der Waals surface area contributed by atoms with Gasteiger partial charge in [-0.05, 0) is 135 Å². The molecule has 10 atom stereocenters. The van der Waals surface area contributed by atoms with Gasteiger partial charge in [-0.15, -0.1) is 0 Å². The molecule has 2 nitrogen and oxygen atoms in total. The number of carbonyl (C=O) groups is 1. The van der Waals surface area contributed by atoms with Gasteiger partial charge in [0.2, 0.25) is 0 Å². The Labute approximate surface area is 244 Å². The van der Waals surface area contributed by atoms with E-state index in [1.807, 2.05) is 0 Å². The monoisotopic (exact) mass is 592 g/mol. The molecular weight excluding hydrogens is 532 g/mol. The maximum absolute atomic E-state index is 12.5. The van der Waals surface area contributed by atoms with E-state index in [0.29, 0.717) is 17.3 Å². The van der Waals surface area contributed by atoms with Crippen molar-refractivity contribution in [1.29, 1.82) is 0 Å². The van der Waals surface area contributed by atoms with E-state index in [4.69, 9.17) is 4.74 Å². The molecule has 0 aromatic carbocycles. The number of carbonyl (C=O) groups excluding carboxylic acids is 1. The van der Waals surface area contributed by atoms with Crippen LogP contribution >= 0.6 is 15.9 Å². The van der Waals surface area contributed by atoms with Crippen LogP contribution in [0.1, 0.15) is 144 Å². The number of alkyl halides is 1. The van der Waals surface area contributed by atoms with Crippen molar-refractivity contribution in [1.82, 2.24) is 0 Å². The standard InChI is InChI=1S/C35H61BrO2/c1-7-26(24(2)3)13-12-25(4)30-16-17-31-29-15-14-27-23-28(38-33(37)11-9-8-10-22-36)18-20-34(27,5)32(29)19-21-35(30,31)6/h24-32H,7-23H2,1-6H3/t25-,26-,27+,28+,29?,30-,31?,32?,34+,35-/m1/s1. The smallest absolute Gasteiger partial charge is 0.306 e. The topological polar surface area (TPSA) is 26.3 Å². The van der Waals surface area contributed by atoms with Gasteiger partial charge >= 0.3 is 5.97 Å². The van der Waals surface area contributed by atoms with Crippen LogP contribution in [-0.2, 0) is 9.53 Å². The Morgan fingerprint density at radius 3 is 2.34 bits per heavy atom. The lowest BCUT2D eigenvalue weighted by molar-refractivity contribution is -0.162. The Kier molecular flexibility index (Phi) is 10.8. The lowest BCUT2D eigenvalue weighted by Gasteiger charge is -2.61. The summed E-state index contributed by atoms with van der Waals surface area (Å²) in [6.07, 6.45) is 20.4. The van der Waals surface area contributed by atoms with Gasteiger partial charge in [-0.1, -0.05) is 76.7 Å². The SMILES string of the molecule is CC[C@H](CC[C@@H](C)[C@H]1CCC2C3CC[C@H]4C[C@@H](OC(=O)CCCCCBr)CC[C@]4(C)C3CC[C@@]21C)C(C)C. The highest BCUT2D eigenvalue weighted by Crippen LogP contribution is 2.68. The van der Waals surface area contributed by atoms with Gasteiger partial charge in [0.25, 0.3) is 0 Å². The van der Waals surface area contributed by atoms with Crippen molar-refractivity contribution >= 4 is 21.9 Å². The molecule has 38 heavy (non-hydrogen) atoms. The molecule has 0 saturated heterocycles. The first-order valence-electron chi connectivity index (χ1n) is 16.9. The van der Waals surface area contributed by atoms with Gasteiger partial charge in [0.05, 0.1) is 0 Å². The van der Waals surface area contributed by atoms with Crippen molar-refractivity contribution in [3.05, 3.63) is 0 Å². The third kappa shape index (κ3) is 6.38. The summed E-state index contributed by atoms with van der Waals surface area (Å²) in [5.74, 6) is 7.16. The number of fused-ring (bicyclic) bond motifs is 5. The average molecular weight is 594 g/mol. The summed E-state index contributed by atoms with van der Waals surface area (Å²) in [4.78, 5) is 12.5. The highest BCUT2D eigenvalue weighted by atomic mass is 79.9. The van der Waals surface area contributed by atoms with Crippen molar-refractivity contribution in [3.8, 4) is 0 Å². The third-order valence-corrected chi connectivity index (χ3v) is 13.7. The van der Waals surface area contributed by atoms with Gasteiger partial charge in [0, 0.05) is 11.8 Å². The molecular formula is C35H61BrO2. The minimum absolute atomic E-state index is 0.0556. The van der Waals surface area contributed by atoms with Gasteiger partial charge < -0.3 is 4.74 Å². The van der Waals surface area contributed by atoms with E-state index in [-0.39, 0.29) is 12.1 Å². The first kappa shape index (κ1) is 30.9. The van der Waals surface area contributed by atoms with Gasteiger partial charge in [-0.25, -0.2) is 0 Å². The van der Waals surface area contributed by atoms with Crippen molar-refractivity contribution in [3.63, 3.8) is 0 Å². The fraction of sp³-hybridized carbons (Fsp3) is 0.971. The Morgan fingerprint density at radius 2 is 1.63 bits per heavy atom. The van der Waals surface area contributed by atoms with Crippen LogP contribution in [0, 0.1) is 58.2 Å². The maximum Gasteiger partial charge on any atom is 0.306 e. The van der Waals surface area contributed by atoms with Gasteiger partial charge in [-0.3, -0.25) is 4.79 Å². The molecule has 0 heterocycles. The Balaban J connectivity index is 1.33. The maximum atomic E-state index is 12.5. The molecule has 4 saturated carbocycles. The second-order valence-corrected chi connectivity index (χ2v) is 16.0. The molecule has 0 N–H and O–H groups in total. The molecule has 0 aliphatic heterocycles. The first-order chi connectivity index (χ1) is 18.1. The predicted molar refractivity (Wildman–Crippen MR) is 164 cm³/mol. The second-order valence-electron chi connectivity index (χ2n) is 15.2. The minimum atomic E-state index is 0.0556. The van der Waals surface area contributed by atoms with Crippen LogP contribution in [0.3, 0.4) is 0 Å². The van der Waals surface area contributed by atoms with Crippen molar-refractivity contribution < 1.29 is 9.53 Å². The van der Waals surface area contributed by atoms with Crippen molar-refractivity contribution in [2.75, 3.05) is 5.33 Å². The zero-order valence-corrected chi connectivity index (χ0v) is 27.5. The fourth-order valence-electron chi connectivity index (χ4n) is 10.8. The van der Waals surface area contributed by atoms with Crippen LogP contribution < -0.4 is 0 Å². The largest absolute Gasteiger partial charge is 0.462 e. The molecule has 220 valence electrons.